The van der Waals surface area contributed by atoms with Gasteiger partial charge in [-0.2, -0.15) is 0 Å². The number of carbonyl (C=O) groups is 1. The van der Waals surface area contributed by atoms with E-state index in [1.54, 1.807) is 6.20 Å². The molecule has 0 aliphatic carbocycles. The molecule has 2 aromatic heterocycles. The summed E-state index contributed by atoms with van der Waals surface area (Å²) in [4.78, 5) is 27.9. The molecule has 5 nitrogen and oxygen atoms in total. The molecule has 0 bridgehead atoms. The summed E-state index contributed by atoms with van der Waals surface area (Å²) >= 11 is 1.81. The Balaban J connectivity index is 1.48. The van der Waals surface area contributed by atoms with E-state index in [9.17, 15) is 4.79 Å². The molecule has 2 aromatic rings. The second-order valence-electron chi connectivity index (χ2n) is 7.08. The largest absolute Gasteiger partial charge is 0.354 e. The van der Waals surface area contributed by atoms with Gasteiger partial charge in [-0.25, -0.2) is 4.98 Å². The van der Waals surface area contributed by atoms with Crippen LogP contribution in [0.1, 0.15) is 34.7 Å². The zero-order valence-electron chi connectivity index (χ0n) is 14.9. The minimum atomic E-state index is 0.0654. The van der Waals surface area contributed by atoms with Gasteiger partial charge in [-0.05, 0) is 50.1 Å². The maximum atomic E-state index is 13.1. The number of amides is 1. The Morgan fingerprint density at radius 3 is 3.08 bits per heavy atom. The number of hydrogen-bond acceptors (Lipinski definition) is 5. The van der Waals surface area contributed by atoms with Crippen molar-refractivity contribution < 1.29 is 4.79 Å². The van der Waals surface area contributed by atoms with Crippen LogP contribution in [0.15, 0.2) is 17.6 Å². The lowest BCUT2D eigenvalue weighted by Crippen LogP contribution is -2.46. The lowest BCUT2D eigenvalue weighted by molar-refractivity contribution is -0.136. The van der Waals surface area contributed by atoms with E-state index in [0.717, 1.165) is 62.6 Å². The Morgan fingerprint density at radius 2 is 2.20 bits per heavy atom. The standard InChI is InChI=1S/C19H24N4OS/c1-13-10-20-14(2)18(21-13)22-7-3-4-16(12-22)19(24)23-8-5-17-15(11-23)6-9-25-17/h6,9-10,16H,3-5,7-8,11-12H2,1-2H3. The molecule has 1 fully saturated rings. The molecule has 1 saturated heterocycles. The summed E-state index contributed by atoms with van der Waals surface area (Å²) in [6.45, 7) is 7.30. The van der Waals surface area contributed by atoms with Gasteiger partial charge in [-0.3, -0.25) is 9.78 Å². The summed E-state index contributed by atoms with van der Waals surface area (Å²) in [6.07, 6.45) is 4.80. The highest BCUT2D eigenvalue weighted by Gasteiger charge is 2.32. The summed E-state index contributed by atoms with van der Waals surface area (Å²) in [5.41, 5.74) is 3.20. The molecule has 25 heavy (non-hydrogen) atoms. The van der Waals surface area contributed by atoms with Crippen LogP contribution < -0.4 is 4.90 Å². The first-order valence-electron chi connectivity index (χ1n) is 9.01. The van der Waals surface area contributed by atoms with E-state index in [4.69, 9.17) is 0 Å². The summed E-state index contributed by atoms with van der Waals surface area (Å²) in [5.74, 6) is 1.31. The van der Waals surface area contributed by atoms with Gasteiger partial charge >= 0.3 is 0 Å². The predicted octanol–water partition coefficient (Wildman–Crippen LogP) is 2.96. The van der Waals surface area contributed by atoms with Gasteiger partial charge < -0.3 is 9.80 Å². The van der Waals surface area contributed by atoms with Crippen molar-refractivity contribution in [2.75, 3.05) is 24.5 Å². The third kappa shape index (κ3) is 3.27. The Kier molecular flexibility index (Phi) is 4.46. The molecule has 0 N–H and O–H groups in total. The first-order valence-corrected chi connectivity index (χ1v) is 9.89. The number of aryl methyl sites for hydroxylation is 2. The van der Waals surface area contributed by atoms with Crippen LogP contribution in [0, 0.1) is 19.8 Å². The second kappa shape index (κ2) is 6.75. The minimum Gasteiger partial charge on any atom is -0.354 e. The minimum absolute atomic E-state index is 0.0654. The highest BCUT2D eigenvalue weighted by molar-refractivity contribution is 7.10. The smallest absolute Gasteiger partial charge is 0.227 e. The number of nitrogens with zero attached hydrogens (tertiary/aromatic N) is 4. The van der Waals surface area contributed by atoms with Crippen LogP contribution in [-0.4, -0.2) is 40.4 Å². The Hall–Kier alpha value is -1.95. The van der Waals surface area contributed by atoms with Crippen molar-refractivity contribution in [3.8, 4) is 0 Å². The van der Waals surface area contributed by atoms with E-state index < -0.39 is 0 Å². The molecule has 0 saturated carbocycles. The van der Waals surface area contributed by atoms with Crippen LogP contribution in [0.25, 0.3) is 0 Å². The van der Waals surface area contributed by atoms with Crippen LogP contribution in [0.5, 0.6) is 0 Å². The Bertz CT molecular complexity index is 787. The zero-order chi connectivity index (χ0) is 17.4. The van der Waals surface area contributed by atoms with Crippen molar-refractivity contribution in [2.24, 2.45) is 5.92 Å². The van der Waals surface area contributed by atoms with Gasteiger partial charge in [0.25, 0.3) is 0 Å². The first-order chi connectivity index (χ1) is 12.1. The van der Waals surface area contributed by atoms with Crippen LogP contribution in [0.2, 0.25) is 0 Å². The summed E-state index contributed by atoms with van der Waals surface area (Å²) in [5, 5.41) is 2.14. The molecule has 1 amide bonds. The molecule has 2 aliphatic rings. The maximum Gasteiger partial charge on any atom is 0.227 e. The van der Waals surface area contributed by atoms with Crippen molar-refractivity contribution in [2.45, 2.75) is 39.7 Å². The summed E-state index contributed by atoms with van der Waals surface area (Å²) in [6, 6.07) is 2.16. The number of thiophene rings is 1. The molecule has 0 aromatic carbocycles. The van der Waals surface area contributed by atoms with E-state index in [-0.39, 0.29) is 5.92 Å². The number of hydrogen-bond donors (Lipinski definition) is 0. The molecule has 6 heteroatoms. The van der Waals surface area contributed by atoms with Crippen LogP contribution >= 0.6 is 11.3 Å². The number of carbonyl (C=O) groups excluding carboxylic acids is 1. The molecule has 0 radical (unpaired) electrons. The van der Waals surface area contributed by atoms with Crippen LogP contribution in [0.4, 0.5) is 5.82 Å². The third-order valence-electron chi connectivity index (χ3n) is 5.24. The molecule has 2 aliphatic heterocycles. The van der Waals surface area contributed by atoms with Crippen molar-refractivity contribution in [1.29, 1.82) is 0 Å². The normalized spacial score (nSPS) is 20.5. The second-order valence-corrected chi connectivity index (χ2v) is 8.09. The average molecular weight is 356 g/mol. The number of fused-ring (bicyclic) bond motifs is 1. The van der Waals surface area contributed by atoms with Gasteiger partial charge in [0.2, 0.25) is 5.91 Å². The Morgan fingerprint density at radius 1 is 1.32 bits per heavy atom. The van der Waals surface area contributed by atoms with Crippen molar-refractivity contribution in [3.63, 3.8) is 0 Å². The van der Waals surface area contributed by atoms with E-state index in [2.05, 4.69) is 31.2 Å². The average Bonchev–Trinajstić information content (AvgIpc) is 3.11. The summed E-state index contributed by atoms with van der Waals surface area (Å²) in [7, 11) is 0. The van der Waals surface area contributed by atoms with Gasteiger partial charge in [-0.1, -0.05) is 0 Å². The van der Waals surface area contributed by atoms with Gasteiger partial charge in [0, 0.05) is 37.3 Å². The fourth-order valence-electron chi connectivity index (χ4n) is 3.89. The van der Waals surface area contributed by atoms with Crippen molar-refractivity contribution in [1.82, 2.24) is 14.9 Å². The van der Waals surface area contributed by atoms with E-state index in [0.29, 0.717) is 5.91 Å². The zero-order valence-corrected chi connectivity index (χ0v) is 15.7. The van der Waals surface area contributed by atoms with E-state index in [1.807, 2.05) is 25.2 Å². The molecule has 4 rings (SSSR count). The highest BCUT2D eigenvalue weighted by Crippen LogP contribution is 2.28. The number of rotatable bonds is 2. The van der Waals surface area contributed by atoms with Crippen molar-refractivity contribution >= 4 is 23.1 Å². The molecule has 4 heterocycles. The molecule has 1 unspecified atom stereocenters. The lowest BCUT2D eigenvalue weighted by atomic mass is 9.95. The van der Waals surface area contributed by atoms with Crippen molar-refractivity contribution in [3.05, 3.63) is 39.5 Å². The molecular formula is C19H24N4OS. The van der Waals surface area contributed by atoms with Crippen LogP contribution in [-0.2, 0) is 17.8 Å². The van der Waals surface area contributed by atoms with E-state index >= 15 is 0 Å². The van der Waals surface area contributed by atoms with Crippen LogP contribution in [0.3, 0.4) is 0 Å². The molecular weight excluding hydrogens is 332 g/mol. The number of aromatic nitrogens is 2. The highest BCUT2D eigenvalue weighted by atomic mass is 32.1. The molecule has 0 spiro atoms. The quantitative estimate of drug-likeness (QED) is 0.830. The monoisotopic (exact) mass is 356 g/mol. The molecule has 132 valence electrons. The van der Waals surface area contributed by atoms with Gasteiger partial charge in [0.05, 0.1) is 17.3 Å². The van der Waals surface area contributed by atoms with Gasteiger partial charge in [-0.15, -0.1) is 11.3 Å². The Labute approximate surface area is 152 Å². The third-order valence-corrected chi connectivity index (χ3v) is 6.26. The number of anilines is 1. The topological polar surface area (TPSA) is 49.3 Å². The summed E-state index contributed by atoms with van der Waals surface area (Å²) < 4.78 is 0. The first kappa shape index (κ1) is 16.5. The molecule has 1 atom stereocenters. The fourth-order valence-corrected chi connectivity index (χ4v) is 4.78. The number of piperidine rings is 1. The van der Waals surface area contributed by atoms with Gasteiger partial charge in [0.1, 0.15) is 5.82 Å². The predicted molar refractivity (Wildman–Crippen MR) is 99.9 cm³/mol. The SMILES string of the molecule is Cc1cnc(C)c(N2CCCC(C(=O)N3CCc4sccc4C3)C2)n1. The lowest BCUT2D eigenvalue weighted by Gasteiger charge is -2.37. The van der Waals surface area contributed by atoms with E-state index in [1.165, 1.54) is 10.4 Å². The van der Waals surface area contributed by atoms with Gasteiger partial charge in [0.15, 0.2) is 0 Å². The maximum absolute atomic E-state index is 13.1. The fraction of sp³-hybridized carbons (Fsp3) is 0.526.